The Kier molecular flexibility index (Phi) is 27.6. The summed E-state index contributed by atoms with van der Waals surface area (Å²) in [6.07, 6.45) is 25.3. The lowest BCUT2D eigenvalue weighted by atomic mass is 10.1. The van der Waals surface area contributed by atoms with E-state index in [1.54, 1.807) is 0 Å². The van der Waals surface area contributed by atoms with Crippen molar-refractivity contribution in [2.45, 2.75) is 97.8 Å². The van der Waals surface area contributed by atoms with E-state index >= 15 is 0 Å². The molecule has 0 N–H and O–H groups in total. The Morgan fingerprint density at radius 2 is 1.10 bits per heavy atom. The Labute approximate surface area is 143 Å². The topological polar surface area (TPSA) is 0 Å². The first-order valence-corrected chi connectivity index (χ1v) is 10.4. The second-order valence-corrected chi connectivity index (χ2v) is 6.07. The molecule has 0 heterocycles. The maximum Gasteiger partial charge on any atom is 0.00313 e. The summed E-state index contributed by atoms with van der Waals surface area (Å²) in [6.45, 7) is 6.26. The SMILES string of the molecule is CC.CCCCC/C=C\C/C=C\CCCCCCCCBr. The van der Waals surface area contributed by atoms with Crippen molar-refractivity contribution in [2.24, 2.45) is 0 Å². The summed E-state index contributed by atoms with van der Waals surface area (Å²) < 4.78 is 0. The third kappa shape index (κ3) is 25.3. The fraction of sp³-hybridized carbons (Fsp3) is 0.800. The van der Waals surface area contributed by atoms with E-state index in [1.165, 1.54) is 76.0 Å². The van der Waals surface area contributed by atoms with Crippen molar-refractivity contribution in [3.63, 3.8) is 0 Å². The summed E-state index contributed by atoms with van der Waals surface area (Å²) in [5, 5.41) is 1.17. The highest BCUT2D eigenvalue weighted by atomic mass is 79.9. The molecule has 0 aromatic heterocycles. The largest absolute Gasteiger partial charge is 0.0928 e. The lowest BCUT2D eigenvalue weighted by Crippen LogP contribution is -1.80. The molecule has 0 aliphatic carbocycles. The molecule has 0 rings (SSSR count). The molecule has 0 radical (unpaired) electrons. The molecule has 0 unspecified atom stereocenters. The predicted octanol–water partition coefficient (Wildman–Crippen LogP) is 8.22. The molecule has 0 bridgehead atoms. The zero-order valence-electron chi connectivity index (χ0n) is 14.9. The Bertz CT molecular complexity index is 206. The van der Waals surface area contributed by atoms with Crippen molar-refractivity contribution in [3.8, 4) is 0 Å². The van der Waals surface area contributed by atoms with Gasteiger partial charge in [-0.3, -0.25) is 0 Å². The second kappa shape index (κ2) is 24.9. The van der Waals surface area contributed by atoms with Crippen LogP contribution in [-0.2, 0) is 0 Å². The van der Waals surface area contributed by atoms with Crippen LogP contribution in [0.4, 0.5) is 0 Å². The van der Waals surface area contributed by atoms with Crippen LogP contribution >= 0.6 is 15.9 Å². The van der Waals surface area contributed by atoms with Crippen molar-refractivity contribution in [3.05, 3.63) is 24.3 Å². The van der Waals surface area contributed by atoms with Gasteiger partial charge in [-0.2, -0.15) is 0 Å². The molecule has 0 nitrogen and oxygen atoms in total. The minimum atomic E-state index is 1.12. The van der Waals surface area contributed by atoms with Crippen LogP contribution in [0.25, 0.3) is 0 Å². The molecule has 0 spiro atoms. The Balaban J connectivity index is 0. The van der Waals surface area contributed by atoms with Gasteiger partial charge in [0.1, 0.15) is 0 Å². The summed E-state index contributed by atoms with van der Waals surface area (Å²) in [7, 11) is 0. The molecule has 126 valence electrons. The van der Waals surface area contributed by atoms with Gasteiger partial charge in [0.2, 0.25) is 0 Å². The van der Waals surface area contributed by atoms with Gasteiger partial charge in [-0.05, 0) is 38.5 Å². The maximum atomic E-state index is 3.48. The maximum absolute atomic E-state index is 3.48. The van der Waals surface area contributed by atoms with Crippen molar-refractivity contribution in [1.29, 1.82) is 0 Å². The lowest BCUT2D eigenvalue weighted by Gasteiger charge is -1.98. The van der Waals surface area contributed by atoms with Gasteiger partial charge < -0.3 is 0 Å². The first-order chi connectivity index (χ1) is 10.4. The number of alkyl halides is 1. The number of allylic oxidation sites excluding steroid dienone is 4. The first kappa shape index (κ1) is 23.2. The van der Waals surface area contributed by atoms with Crippen LogP contribution in [0.15, 0.2) is 24.3 Å². The molecule has 0 amide bonds. The summed E-state index contributed by atoms with van der Waals surface area (Å²) >= 11 is 3.48. The minimum absolute atomic E-state index is 1.12. The van der Waals surface area contributed by atoms with Gasteiger partial charge in [0.25, 0.3) is 0 Å². The normalized spacial score (nSPS) is 11.0. The number of hydrogen-bond donors (Lipinski definition) is 0. The van der Waals surface area contributed by atoms with Crippen LogP contribution in [-0.4, -0.2) is 5.33 Å². The molecule has 21 heavy (non-hydrogen) atoms. The van der Waals surface area contributed by atoms with Crippen LogP contribution in [0.5, 0.6) is 0 Å². The molecule has 0 atom stereocenters. The Hall–Kier alpha value is -0.0400. The molecular formula is C20H39Br. The van der Waals surface area contributed by atoms with E-state index in [1.807, 2.05) is 13.8 Å². The van der Waals surface area contributed by atoms with E-state index in [9.17, 15) is 0 Å². The Morgan fingerprint density at radius 3 is 1.62 bits per heavy atom. The lowest BCUT2D eigenvalue weighted by molar-refractivity contribution is 0.613. The highest BCUT2D eigenvalue weighted by Gasteiger charge is 1.89. The third-order valence-corrected chi connectivity index (χ3v) is 3.89. The van der Waals surface area contributed by atoms with E-state index < -0.39 is 0 Å². The number of halogens is 1. The molecule has 0 fully saturated rings. The molecule has 0 saturated heterocycles. The van der Waals surface area contributed by atoms with Gasteiger partial charge in [0.15, 0.2) is 0 Å². The van der Waals surface area contributed by atoms with Crippen molar-refractivity contribution in [2.75, 3.05) is 5.33 Å². The van der Waals surface area contributed by atoms with Gasteiger partial charge in [-0.15, -0.1) is 0 Å². The van der Waals surface area contributed by atoms with Gasteiger partial charge >= 0.3 is 0 Å². The van der Waals surface area contributed by atoms with Crippen LogP contribution in [0.3, 0.4) is 0 Å². The van der Waals surface area contributed by atoms with E-state index in [-0.39, 0.29) is 0 Å². The third-order valence-electron chi connectivity index (χ3n) is 3.33. The number of hydrogen-bond acceptors (Lipinski definition) is 0. The quantitative estimate of drug-likeness (QED) is 0.166. The summed E-state index contributed by atoms with van der Waals surface area (Å²) in [5.41, 5.74) is 0. The average molecular weight is 359 g/mol. The highest BCUT2D eigenvalue weighted by Crippen LogP contribution is 2.08. The summed E-state index contributed by atoms with van der Waals surface area (Å²) in [5.74, 6) is 0. The van der Waals surface area contributed by atoms with Crippen molar-refractivity contribution < 1.29 is 0 Å². The fourth-order valence-corrected chi connectivity index (χ4v) is 2.48. The number of rotatable bonds is 14. The van der Waals surface area contributed by atoms with Crippen LogP contribution in [0, 0.1) is 0 Å². The van der Waals surface area contributed by atoms with Gasteiger partial charge in [-0.25, -0.2) is 0 Å². The molecule has 0 aliphatic heterocycles. The van der Waals surface area contributed by atoms with E-state index in [2.05, 4.69) is 47.2 Å². The molecule has 0 saturated carbocycles. The van der Waals surface area contributed by atoms with Gasteiger partial charge in [-0.1, -0.05) is 99.5 Å². The second-order valence-electron chi connectivity index (χ2n) is 5.27. The number of unbranched alkanes of at least 4 members (excludes halogenated alkanes) is 9. The summed E-state index contributed by atoms with van der Waals surface area (Å²) in [4.78, 5) is 0. The van der Waals surface area contributed by atoms with E-state index in [0.29, 0.717) is 0 Å². The van der Waals surface area contributed by atoms with Crippen LogP contribution in [0.1, 0.15) is 97.8 Å². The van der Waals surface area contributed by atoms with Crippen molar-refractivity contribution >= 4 is 15.9 Å². The standard InChI is InChI=1S/C18H33Br.C2H6/c1-2-3-4-5-6-7-8-9-10-11-12-13-14-15-16-17-18-19;1-2/h6-7,9-10H,2-5,8,11-18H2,1H3;1-2H3/b7-6-,10-9-;. The van der Waals surface area contributed by atoms with Crippen LogP contribution < -0.4 is 0 Å². The summed E-state index contributed by atoms with van der Waals surface area (Å²) in [6, 6.07) is 0. The van der Waals surface area contributed by atoms with Crippen molar-refractivity contribution in [1.82, 2.24) is 0 Å². The van der Waals surface area contributed by atoms with E-state index in [4.69, 9.17) is 0 Å². The smallest absolute Gasteiger partial charge is 0.00313 e. The monoisotopic (exact) mass is 358 g/mol. The fourth-order valence-electron chi connectivity index (χ4n) is 2.08. The average Bonchev–Trinajstić information content (AvgIpc) is 2.53. The van der Waals surface area contributed by atoms with Gasteiger partial charge in [0, 0.05) is 5.33 Å². The highest BCUT2D eigenvalue weighted by molar-refractivity contribution is 9.09. The van der Waals surface area contributed by atoms with Gasteiger partial charge in [0.05, 0.1) is 0 Å². The van der Waals surface area contributed by atoms with E-state index in [0.717, 1.165) is 6.42 Å². The first-order valence-electron chi connectivity index (χ1n) is 9.27. The molecule has 1 heteroatoms. The molecule has 0 aliphatic rings. The zero-order valence-corrected chi connectivity index (χ0v) is 16.5. The molecule has 0 aromatic rings. The molecular weight excluding hydrogens is 320 g/mol. The zero-order chi connectivity index (χ0) is 16.0. The Morgan fingerprint density at radius 1 is 0.619 bits per heavy atom. The van der Waals surface area contributed by atoms with Crippen LogP contribution in [0.2, 0.25) is 0 Å². The predicted molar refractivity (Wildman–Crippen MR) is 105 cm³/mol. The minimum Gasteiger partial charge on any atom is -0.0928 e. The molecule has 0 aromatic carbocycles.